The summed E-state index contributed by atoms with van der Waals surface area (Å²) < 4.78 is 0. The normalized spacial score (nSPS) is 14.1. The number of rotatable bonds is 2. The Morgan fingerprint density at radius 2 is 2.15 bits per heavy atom. The van der Waals surface area contributed by atoms with Crippen LogP contribution in [-0.4, -0.2) is 22.9 Å². The Balaban J connectivity index is 2.02. The van der Waals surface area contributed by atoms with Gasteiger partial charge in [-0.15, -0.1) is 0 Å². The topological polar surface area (TPSA) is 84.1 Å². The zero-order valence-electron chi connectivity index (χ0n) is 11.1. The summed E-state index contributed by atoms with van der Waals surface area (Å²) in [4.78, 5) is 21.7. The lowest BCUT2D eigenvalue weighted by Gasteiger charge is -2.26. The molecule has 1 aliphatic rings. The number of hydrazine groups is 1. The Morgan fingerprint density at radius 3 is 2.95 bits per heavy atom. The first-order valence-electron chi connectivity index (χ1n) is 6.38. The minimum atomic E-state index is 0.155. The molecule has 0 radical (unpaired) electrons. The van der Waals surface area contributed by atoms with Gasteiger partial charge in [-0.3, -0.25) is 10.2 Å². The molecule has 20 heavy (non-hydrogen) atoms. The summed E-state index contributed by atoms with van der Waals surface area (Å²) in [5.74, 6) is 5.86. The van der Waals surface area contributed by atoms with Crippen molar-refractivity contribution < 1.29 is 4.79 Å². The number of hydrogen-bond acceptors (Lipinski definition) is 5. The van der Waals surface area contributed by atoms with E-state index in [1.807, 2.05) is 18.2 Å². The molecule has 0 atom stereocenters. The predicted molar refractivity (Wildman–Crippen MR) is 77.0 cm³/mol. The van der Waals surface area contributed by atoms with Gasteiger partial charge in [-0.1, -0.05) is 6.07 Å². The van der Waals surface area contributed by atoms with E-state index in [1.54, 1.807) is 18.1 Å². The van der Waals surface area contributed by atoms with Crippen LogP contribution in [0, 0.1) is 0 Å². The van der Waals surface area contributed by atoms with Crippen molar-refractivity contribution in [2.24, 2.45) is 5.84 Å². The van der Waals surface area contributed by atoms with E-state index >= 15 is 0 Å². The number of aryl methyl sites for hydroxylation is 1. The van der Waals surface area contributed by atoms with Crippen LogP contribution >= 0.6 is 0 Å². The van der Waals surface area contributed by atoms with Gasteiger partial charge in [0.1, 0.15) is 0 Å². The van der Waals surface area contributed by atoms with Crippen molar-refractivity contribution in [3.63, 3.8) is 0 Å². The lowest BCUT2D eigenvalue weighted by atomic mass is 9.98. The Morgan fingerprint density at radius 1 is 1.30 bits per heavy atom. The van der Waals surface area contributed by atoms with Crippen molar-refractivity contribution >= 4 is 17.5 Å². The highest BCUT2D eigenvalue weighted by molar-refractivity contribution is 5.96. The third-order valence-electron chi connectivity index (χ3n) is 3.50. The molecule has 0 unspecified atom stereocenters. The molecule has 2 aromatic rings. The fourth-order valence-corrected chi connectivity index (χ4v) is 2.40. The maximum atomic E-state index is 11.7. The second kappa shape index (κ2) is 4.90. The molecule has 3 rings (SSSR count). The van der Waals surface area contributed by atoms with Gasteiger partial charge in [-0.25, -0.2) is 15.8 Å². The summed E-state index contributed by atoms with van der Waals surface area (Å²) in [5, 5.41) is 0. The molecule has 0 bridgehead atoms. The van der Waals surface area contributed by atoms with Crippen LogP contribution in [0.25, 0.3) is 11.3 Å². The monoisotopic (exact) mass is 269 g/mol. The van der Waals surface area contributed by atoms with Crippen LogP contribution in [0.2, 0.25) is 0 Å². The maximum absolute atomic E-state index is 11.7. The van der Waals surface area contributed by atoms with Gasteiger partial charge < -0.3 is 4.90 Å². The molecule has 1 aliphatic heterocycles. The van der Waals surface area contributed by atoms with Crippen LogP contribution in [0.5, 0.6) is 0 Å². The van der Waals surface area contributed by atoms with Gasteiger partial charge in [0, 0.05) is 30.9 Å². The van der Waals surface area contributed by atoms with Crippen LogP contribution in [0.4, 0.5) is 11.6 Å². The summed E-state index contributed by atoms with van der Waals surface area (Å²) >= 11 is 0. The molecule has 3 N–H and O–H groups in total. The van der Waals surface area contributed by atoms with Gasteiger partial charge in [0.15, 0.2) is 0 Å². The molecule has 6 heteroatoms. The summed E-state index contributed by atoms with van der Waals surface area (Å²) in [7, 11) is 1.81. The zero-order valence-corrected chi connectivity index (χ0v) is 11.1. The van der Waals surface area contributed by atoms with Crippen molar-refractivity contribution in [2.45, 2.75) is 12.8 Å². The number of aromatic nitrogens is 2. The second-order valence-corrected chi connectivity index (χ2v) is 4.71. The number of nitrogens with two attached hydrogens (primary N) is 1. The Bertz CT molecular complexity index is 670. The third-order valence-corrected chi connectivity index (χ3v) is 3.50. The molecule has 2 heterocycles. The molecule has 0 saturated carbocycles. The minimum Gasteiger partial charge on any atom is -0.315 e. The smallest absolute Gasteiger partial charge is 0.237 e. The van der Waals surface area contributed by atoms with Crippen LogP contribution in [0.1, 0.15) is 12.0 Å². The number of amides is 1. The van der Waals surface area contributed by atoms with Gasteiger partial charge in [-0.05, 0) is 30.2 Å². The number of anilines is 2. The van der Waals surface area contributed by atoms with E-state index in [4.69, 9.17) is 5.84 Å². The van der Waals surface area contributed by atoms with E-state index in [0.717, 1.165) is 28.9 Å². The first kappa shape index (κ1) is 12.6. The van der Waals surface area contributed by atoms with E-state index in [0.29, 0.717) is 12.4 Å². The third kappa shape index (κ3) is 2.10. The van der Waals surface area contributed by atoms with Crippen molar-refractivity contribution in [3.8, 4) is 11.3 Å². The lowest BCUT2D eigenvalue weighted by Crippen LogP contribution is -2.30. The van der Waals surface area contributed by atoms with E-state index in [1.165, 1.54) is 0 Å². The standard InChI is InChI=1S/C14H15N5O/c1-19-12-4-2-9(8-10(12)3-5-13(19)20)11-6-7-16-14(17-11)18-15/h2,4,6-8H,3,5,15H2,1H3,(H,16,17,18). The van der Waals surface area contributed by atoms with Crippen LogP contribution in [0.15, 0.2) is 30.5 Å². The highest BCUT2D eigenvalue weighted by atomic mass is 16.2. The molecule has 1 aromatic heterocycles. The van der Waals surface area contributed by atoms with Crippen molar-refractivity contribution in [2.75, 3.05) is 17.4 Å². The van der Waals surface area contributed by atoms with Crippen LogP contribution in [-0.2, 0) is 11.2 Å². The minimum absolute atomic E-state index is 0.155. The molecule has 0 spiro atoms. The van der Waals surface area contributed by atoms with Gasteiger partial charge in [-0.2, -0.15) is 0 Å². The highest BCUT2D eigenvalue weighted by Gasteiger charge is 2.21. The number of carbonyl (C=O) groups is 1. The summed E-state index contributed by atoms with van der Waals surface area (Å²) in [5.41, 5.74) is 6.36. The van der Waals surface area contributed by atoms with Crippen LogP contribution < -0.4 is 16.2 Å². The number of fused-ring (bicyclic) bond motifs is 1. The first-order valence-corrected chi connectivity index (χ1v) is 6.38. The number of carbonyl (C=O) groups excluding carboxylic acids is 1. The second-order valence-electron chi connectivity index (χ2n) is 4.71. The molecular formula is C14H15N5O. The van der Waals surface area contributed by atoms with E-state index < -0.39 is 0 Å². The van der Waals surface area contributed by atoms with Crippen LogP contribution in [0.3, 0.4) is 0 Å². The van der Waals surface area contributed by atoms with Gasteiger partial charge in [0.05, 0.1) is 5.69 Å². The van der Waals surface area contributed by atoms with Crippen molar-refractivity contribution in [3.05, 3.63) is 36.0 Å². The van der Waals surface area contributed by atoms with Gasteiger partial charge in [0.25, 0.3) is 0 Å². The number of benzene rings is 1. The zero-order chi connectivity index (χ0) is 14.1. The molecule has 0 fully saturated rings. The van der Waals surface area contributed by atoms with E-state index in [-0.39, 0.29) is 5.91 Å². The molecule has 1 amide bonds. The fourth-order valence-electron chi connectivity index (χ4n) is 2.40. The Labute approximate surface area is 116 Å². The SMILES string of the molecule is CN1C(=O)CCc2cc(-c3ccnc(NN)n3)ccc21. The molecule has 0 aliphatic carbocycles. The predicted octanol–water partition coefficient (Wildman–Crippen LogP) is 1.34. The molecule has 1 aromatic carbocycles. The largest absolute Gasteiger partial charge is 0.315 e. The Kier molecular flexibility index (Phi) is 3.08. The maximum Gasteiger partial charge on any atom is 0.237 e. The molecule has 102 valence electrons. The number of nitrogen functional groups attached to an aromatic ring is 1. The Hall–Kier alpha value is -2.47. The summed E-state index contributed by atoms with van der Waals surface area (Å²) in [6.45, 7) is 0. The average Bonchev–Trinajstić information content (AvgIpc) is 2.51. The van der Waals surface area contributed by atoms with E-state index in [2.05, 4.69) is 21.5 Å². The first-order chi connectivity index (χ1) is 9.69. The lowest BCUT2D eigenvalue weighted by molar-refractivity contribution is -0.118. The number of nitrogens with one attached hydrogen (secondary N) is 1. The van der Waals surface area contributed by atoms with Crippen molar-refractivity contribution in [1.82, 2.24) is 9.97 Å². The molecule has 0 saturated heterocycles. The summed E-state index contributed by atoms with van der Waals surface area (Å²) in [6.07, 6.45) is 2.97. The molecule has 6 nitrogen and oxygen atoms in total. The fraction of sp³-hybridized carbons (Fsp3) is 0.214. The van der Waals surface area contributed by atoms with Crippen molar-refractivity contribution in [1.29, 1.82) is 0 Å². The average molecular weight is 269 g/mol. The quantitative estimate of drug-likeness (QED) is 0.635. The van der Waals surface area contributed by atoms with E-state index in [9.17, 15) is 4.79 Å². The highest BCUT2D eigenvalue weighted by Crippen LogP contribution is 2.30. The number of hydrogen-bond donors (Lipinski definition) is 2. The summed E-state index contributed by atoms with van der Waals surface area (Å²) in [6, 6.07) is 7.82. The molecular weight excluding hydrogens is 254 g/mol. The number of nitrogens with zero attached hydrogens (tertiary/aromatic N) is 3. The van der Waals surface area contributed by atoms with Gasteiger partial charge in [0.2, 0.25) is 11.9 Å². The van der Waals surface area contributed by atoms with Gasteiger partial charge >= 0.3 is 0 Å².